The van der Waals surface area contributed by atoms with Crippen molar-refractivity contribution in [2.24, 2.45) is 0 Å². The van der Waals surface area contributed by atoms with Gasteiger partial charge in [-0.3, -0.25) is 4.98 Å². The first-order valence-electron chi connectivity index (χ1n) is 11.2. The highest BCUT2D eigenvalue weighted by Crippen LogP contribution is 2.27. The normalized spacial score (nSPS) is 12.6. The van der Waals surface area contributed by atoms with Crippen LogP contribution in [0.1, 0.15) is 23.6 Å². The molecule has 0 saturated carbocycles. The minimum absolute atomic E-state index is 0.0298. The van der Waals surface area contributed by atoms with Crippen LogP contribution < -0.4 is 0 Å². The molecule has 0 saturated heterocycles. The molecular formula is C28H27ClN2O2S. The van der Waals surface area contributed by atoms with Gasteiger partial charge in [-0.1, -0.05) is 78.3 Å². The van der Waals surface area contributed by atoms with Gasteiger partial charge in [-0.2, -0.15) is 0 Å². The van der Waals surface area contributed by atoms with Crippen LogP contribution >= 0.6 is 11.6 Å². The Bertz CT molecular complexity index is 1310. The van der Waals surface area contributed by atoms with Crippen molar-refractivity contribution in [1.29, 1.82) is 0 Å². The minimum Gasteiger partial charge on any atom is -0.261 e. The number of hydrogen-bond donors (Lipinski definition) is 0. The van der Waals surface area contributed by atoms with Crippen molar-refractivity contribution in [1.82, 2.24) is 9.29 Å². The number of rotatable bonds is 9. The largest absolute Gasteiger partial charge is 0.261 e. The monoisotopic (exact) mass is 490 g/mol. The third kappa shape index (κ3) is 5.92. The third-order valence-corrected chi connectivity index (χ3v) is 8.00. The molecule has 3 aromatic carbocycles. The zero-order valence-corrected chi connectivity index (χ0v) is 20.6. The number of aromatic nitrogens is 1. The highest BCUT2D eigenvalue weighted by molar-refractivity contribution is 7.89. The Morgan fingerprint density at radius 2 is 1.56 bits per heavy atom. The predicted molar refractivity (Wildman–Crippen MR) is 138 cm³/mol. The molecule has 0 radical (unpaired) electrons. The van der Waals surface area contributed by atoms with Gasteiger partial charge < -0.3 is 0 Å². The second kappa shape index (κ2) is 11.0. The average Bonchev–Trinajstić information content (AvgIpc) is 2.87. The van der Waals surface area contributed by atoms with Gasteiger partial charge in [0.05, 0.1) is 4.90 Å². The Kier molecular flexibility index (Phi) is 7.78. The van der Waals surface area contributed by atoms with Crippen LogP contribution in [-0.4, -0.2) is 31.3 Å². The first-order valence-corrected chi connectivity index (χ1v) is 13.0. The summed E-state index contributed by atoms with van der Waals surface area (Å²) in [6, 6.07) is 30.5. The summed E-state index contributed by atoms with van der Waals surface area (Å²) in [6.07, 6.45) is 3.36. The topological polar surface area (TPSA) is 50.3 Å². The number of aryl methyl sites for hydroxylation is 1. The molecule has 0 aliphatic carbocycles. The quantitative estimate of drug-likeness (QED) is 0.271. The van der Waals surface area contributed by atoms with E-state index in [4.69, 9.17) is 11.6 Å². The SMILES string of the molecule is CN(C[C@@H](CCc1ccc(-c2ccccc2)cn1)c1cccc(Cl)c1)S(=O)(=O)c1ccccc1. The molecule has 4 aromatic rings. The summed E-state index contributed by atoms with van der Waals surface area (Å²) in [5, 5.41) is 0.640. The molecule has 0 aliphatic rings. The maximum atomic E-state index is 13.1. The average molecular weight is 491 g/mol. The van der Waals surface area contributed by atoms with Gasteiger partial charge in [-0.15, -0.1) is 0 Å². The summed E-state index contributed by atoms with van der Waals surface area (Å²) in [5.74, 6) is -0.0298. The van der Waals surface area contributed by atoms with Gasteiger partial charge in [0.25, 0.3) is 0 Å². The first-order chi connectivity index (χ1) is 16.4. The zero-order chi connectivity index (χ0) is 24.0. The van der Waals surface area contributed by atoms with Gasteiger partial charge >= 0.3 is 0 Å². The zero-order valence-electron chi connectivity index (χ0n) is 19.0. The Morgan fingerprint density at radius 3 is 2.21 bits per heavy atom. The smallest absolute Gasteiger partial charge is 0.242 e. The van der Waals surface area contributed by atoms with Crippen LogP contribution in [0.3, 0.4) is 0 Å². The Morgan fingerprint density at radius 1 is 0.853 bits per heavy atom. The van der Waals surface area contributed by atoms with Crippen LogP contribution in [0.5, 0.6) is 0 Å². The van der Waals surface area contributed by atoms with E-state index in [0.717, 1.165) is 35.2 Å². The van der Waals surface area contributed by atoms with Gasteiger partial charge in [0.1, 0.15) is 0 Å². The number of nitrogens with zero attached hydrogens (tertiary/aromatic N) is 2. The fourth-order valence-corrected chi connectivity index (χ4v) is 5.44. The lowest BCUT2D eigenvalue weighted by Gasteiger charge is -2.24. The van der Waals surface area contributed by atoms with Gasteiger partial charge in [0.15, 0.2) is 0 Å². The Balaban J connectivity index is 1.51. The van der Waals surface area contributed by atoms with Crippen LogP contribution in [-0.2, 0) is 16.4 Å². The molecule has 4 nitrogen and oxygen atoms in total. The summed E-state index contributed by atoms with van der Waals surface area (Å²) in [7, 11) is -1.95. The standard InChI is InChI=1S/C28H27ClN2O2S/c1-31(34(32,33)28-13-6-3-7-14-28)21-25(23-11-8-12-26(29)19-23)16-18-27-17-15-24(20-30-27)22-9-4-2-5-10-22/h2-15,17,19-20,25H,16,18,21H2,1H3/t25-/m1/s1. The predicted octanol–water partition coefficient (Wildman–Crippen LogP) is 6.44. The second-order valence-corrected chi connectivity index (χ2v) is 10.8. The van der Waals surface area contributed by atoms with E-state index in [2.05, 4.69) is 23.2 Å². The summed E-state index contributed by atoms with van der Waals surface area (Å²) < 4.78 is 27.6. The highest BCUT2D eigenvalue weighted by atomic mass is 35.5. The van der Waals surface area contributed by atoms with Crippen molar-refractivity contribution in [3.8, 4) is 11.1 Å². The lowest BCUT2D eigenvalue weighted by Crippen LogP contribution is -2.31. The van der Waals surface area contributed by atoms with E-state index in [1.165, 1.54) is 4.31 Å². The Hall–Kier alpha value is -2.99. The number of pyridine rings is 1. The van der Waals surface area contributed by atoms with E-state index in [1.807, 2.05) is 60.8 Å². The van der Waals surface area contributed by atoms with Gasteiger partial charge in [0, 0.05) is 36.1 Å². The van der Waals surface area contributed by atoms with Crippen molar-refractivity contribution in [2.75, 3.05) is 13.6 Å². The molecule has 0 unspecified atom stereocenters. The number of sulfonamides is 1. The summed E-state index contributed by atoms with van der Waals surface area (Å²) in [6.45, 7) is 0.347. The lowest BCUT2D eigenvalue weighted by atomic mass is 9.93. The van der Waals surface area contributed by atoms with E-state index in [9.17, 15) is 8.42 Å². The van der Waals surface area contributed by atoms with Crippen LogP contribution in [0.4, 0.5) is 0 Å². The molecule has 0 N–H and O–H groups in total. The van der Waals surface area contributed by atoms with E-state index in [-0.39, 0.29) is 5.92 Å². The third-order valence-electron chi connectivity index (χ3n) is 5.93. The minimum atomic E-state index is -3.59. The first kappa shape index (κ1) is 24.1. The second-order valence-electron chi connectivity index (χ2n) is 8.29. The van der Waals surface area contributed by atoms with E-state index < -0.39 is 10.0 Å². The molecule has 0 bridgehead atoms. The van der Waals surface area contributed by atoms with Gasteiger partial charge in [-0.05, 0) is 60.2 Å². The molecule has 34 heavy (non-hydrogen) atoms. The number of benzene rings is 3. The van der Waals surface area contributed by atoms with Crippen molar-refractivity contribution >= 4 is 21.6 Å². The maximum absolute atomic E-state index is 13.1. The molecule has 174 valence electrons. The molecular weight excluding hydrogens is 464 g/mol. The van der Waals surface area contributed by atoms with Crippen LogP contribution in [0.15, 0.2) is 108 Å². The fourth-order valence-electron chi connectivity index (χ4n) is 4.00. The molecule has 6 heteroatoms. The summed E-state index contributed by atoms with van der Waals surface area (Å²) in [5.41, 5.74) is 4.19. The molecule has 1 heterocycles. The lowest BCUT2D eigenvalue weighted by molar-refractivity contribution is 0.424. The molecule has 0 spiro atoms. The number of hydrogen-bond acceptors (Lipinski definition) is 3. The van der Waals surface area contributed by atoms with Crippen molar-refractivity contribution in [3.63, 3.8) is 0 Å². The molecule has 4 rings (SSSR count). The molecule has 1 atom stereocenters. The van der Waals surface area contributed by atoms with Crippen LogP contribution in [0, 0.1) is 0 Å². The van der Waals surface area contributed by atoms with Crippen molar-refractivity contribution in [3.05, 3.63) is 120 Å². The van der Waals surface area contributed by atoms with E-state index >= 15 is 0 Å². The van der Waals surface area contributed by atoms with Crippen molar-refractivity contribution < 1.29 is 8.42 Å². The molecule has 0 amide bonds. The summed E-state index contributed by atoms with van der Waals surface area (Å²) in [4.78, 5) is 4.95. The summed E-state index contributed by atoms with van der Waals surface area (Å²) >= 11 is 6.26. The Labute approximate surface area is 206 Å². The number of likely N-dealkylation sites (N-methyl/N-ethyl adjacent to an activating group) is 1. The molecule has 1 aromatic heterocycles. The number of halogens is 1. The van der Waals surface area contributed by atoms with E-state index in [0.29, 0.717) is 16.5 Å². The van der Waals surface area contributed by atoms with Crippen LogP contribution in [0.25, 0.3) is 11.1 Å². The molecule has 0 aliphatic heterocycles. The van der Waals surface area contributed by atoms with Crippen molar-refractivity contribution in [2.45, 2.75) is 23.7 Å². The van der Waals surface area contributed by atoms with Gasteiger partial charge in [-0.25, -0.2) is 12.7 Å². The van der Waals surface area contributed by atoms with E-state index in [1.54, 1.807) is 31.3 Å². The van der Waals surface area contributed by atoms with Crippen LogP contribution in [0.2, 0.25) is 5.02 Å². The fraction of sp³-hybridized carbons (Fsp3) is 0.179. The maximum Gasteiger partial charge on any atom is 0.242 e. The molecule has 0 fully saturated rings. The van der Waals surface area contributed by atoms with Gasteiger partial charge in [0.2, 0.25) is 10.0 Å². The highest BCUT2D eigenvalue weighted by Gasteiger charge is 2.24.